The molecule has 3 rings (SSSR count). The van der Waals surface area contributed by atoms with Crippen LogP contribution in [0.4, 0.5) is 0 Å². The number of piperidine rings is 1. The van der Waals surface area contributed by atoms with Crippen molar-refractivity contribution < 1.29 is 9.53 Å². The van der Waals surface area contributed by atoms with Crippen LogP contribution in [0.2, 0.25) is 0 Å². The molecule has 0 saturated carbocycles. The minimum atomic E-state index is 0.0710. The predicted octanol–water partition coefficient (Wildman–Crippen LogP) is 3.30. The van der Waals surface area contributed by atoms with Gasteiger partial charge in [-0.3, -0.25) is 4.79 Å². The normalized spacial score (nSPS) is 15.9. The van der Waals surface area contributed by atoms with Gasteiger partial charge < -0.3 is 15.0 Å². The Bertz CT molecular complexity index is 664. The number of rotatable bonds is 7. The van der Waals surface area contributed by atoms with Crippen molar-refractivity contribution in [2.75, 3.05) is 33.3 Å². The number of ether oxygens (including phenoxy) is 1. The SMILES string of the molecule is COc1cccc(CC(=O)NCCN2CCC(c3cccs3)CC2)c1. The second-order valence-electron chi connectivity index (χ2n) is 6.51. The number of amides is 1. The first-order chi connectivity index (χ1) is 12.2. The highest BCUT2D eigenvalue weighted by atomic mass is 32.1. The van der Waals surface area contributed by atoms with Gasteiger partial charge in [0.2, 0.25) is 5.91 Å². The second kappa shape index (κ2) is 9.02. The molecular weight excluding hydrogens is 332 g/mol. The molecule has 0 radical (unpaired) electrons. The van der Waals surface area contributed by atoms with E-state index in [0.29, 0.717) is 13.0 Å². The van der Waals surface area contributed by atoms with Crippen molar-refractivity contribution in [3.8, 4) is 5.75 Å². The highest BCUT2D eigenvalue weighted by molar-refractivity contribution is 7.10. The van der Waals surface area contributed by atoms with Gasteiger partial charge in [0, 0.05) is 18.0 Å². The van der Waals surface area contributed by atoms with Gasteiger partial charge in [0.25, 0.3) is 0 Å². The van der Waals surface area contributed by atoms with Crippen molar-refractivity contribution in [3.63, 3.8) is 0 Å². The first kappa shape index (κ1) is 18.0. The minimum Gasteiger partial charge on any atom is -0.497 e. The summed E-state index contributed by atoms with van der Waals surface area (Å²) in [5, 5.41) is 5.20. The summed E-state index contributed by atoms with van der Waals surface area (Å²) >= 11 is 1.87. The van der Waals surface area contributed by atoms with Gasteiger partial charge in [-0.2, -0.15) is 0 Å². The predicted molar refractivity (Wildman–Crippen MR) is 102 cm³/mol. The lowest BCUT2D eigenvalue weighted by atomic mass is 9.95. The van der Waals surface area contributed by atoms with Crippen LogP contribution in [-0.2, 0) is 11.2 Å². The fourth-order valence-electron chi connectivity index (χ4n) is 3.35. The van der Waals surface area contributed by atoms with Gasteiger partial charge in [0.1, 0.15) is 5.75 Å². The van der Waals surface area contributed by atoms with E-state index in [1.165, 1.54) is 17.7 Å². The molecule has 0 bridgehead atoms. The maximum Gasteiger partial charge on any atom is 0.224 e. The third-order valence-electron chi connectivity index (χ3n) is 4.78. The lowest BCUT2D eigenvalue weighted by molar-refractivity contribution is -0.120. The van der Waals surface area contributed by atoms with Crippen LogP contribution in [0.25, 0.3) is 0 Å². The molecule has 1 N–H and O–H groups in total. The molecular formula is C20H26N2O2S. The summed E-state index contributed by atoms with van der Waals surface area (Å²) in [6, 6.07) is 12.1. The Hall–Kier alpha value is -1.85. The number of benzene rings is 1. The largest absolute Gasteiger partial charge is 0.497 e. The molecule has 1 aliphatic rings. The number of methoxy groups -OCH3 is 1. The summed E-state index contributed by atoms with van der Waals surface area (Å²) in [6.45, 7) is 3.89. The molecule has 4 nitrogen and oxygen atoms in total. The number of thiophene rings is 1. The van der Waals surface area contributed by atoms with Crippen LogP contribution in [0.3, 0.4) is 0 Å². The van der Waals surface area contributed by atoms with E-state index < -0.39 is 0 Å². The van der Waals surface area contributed by atoms with Gasteiger partial charge in [-0.15, -0.1) is 11.3 Å². The van der Waals surface area contributed by atoms with Gasteiger partial charge in [0.15, 0.2) is 0 Å². The Balaban J connectivity index is 1.35. The molecule has 1 aromatic carbocycles. The molecule has 1 aliphatic heterocycles. The average Bonchev–Trinajstić information content (AvgIpc) is 3.17. The van der Waals surface area contributed by atoms with Crippen LogP contribution in [0.15, 0.2) is 41.8 Å². The number of likely N-dealkylation sites (tertiary alicyclic amines) is 1. The van der Waals surface area contributed by atoms with Crippen LogP contribution >= 0.6 is 11.3 Å². The molecule has 0 aliphatic carbocycles. The van der Waals surface area contributed by atoms with E-state index in [-0.39, 0.29) is 5.91 Å². The van der Waals surface area contributed by atoms with Crippen LogP contribution < -0.4 is 10.1 Å². The molecule has 1 amide bonds. The van der Waals surface area contributed by atoms with Crippen LogP contribution in [-0.4, -0.2) is 44.1 Å². The lowest BCUT2D eigenvalue weighted by Gasteiger charge is -2.31. The summed E-state index contributed by atoms with van der Waals surface area (Å²) < 4.78 is 5.19. The van der Waals surface area contributed by atoms with Gasteiger partial charge >= 0.3 is 0 Å². The summed E-state index contributed by atoms with van der Waals surface area (Å²) in [7, 11) is 1.64. The van der Waals surface area contributed by atoms with Crippen molar-refractivity contribution in [2.45, 2.75) is 25.2 Å². The Morgan fingerprint density at radius 3 is 2.84 bits per heavy atom. The zero-order valence-corrected chi connectivity index (χ0v) is 15.6. The number of hydrogen-bond donors (Lipinski definition) is 1. The number of nitrogens with zero attached hydrogens (tertiary/aromatic N) is 1. The molecule has 0 spiro atoms. The topological polar surface area (TPSA) is 41.6 Å². The van der Waals surface area contributed by atoms with Crippen molar-refractivity contribution in [2.24, 2.45) is 0 Å². The third-order valence-corrected chi connectivity index (χ3v) is 5.82. The van der Waals surface area contributed by atoms with Gasteiger partial charge in [0.05, 0.1) is 13.5 Å². The highest BCUT2D eigenvalue weighted by Gasteiger charge is 2.20. The lowest BCUT2D eigenvalue weighted by Crippen LogP contribution is -2.39. The van der Waals surface area contributed by atoms with Crippen molar-refractivity contribution >= 4 is 17.2 Å². The van der Waals surface area contributed by atoms with E-state index >= 15 is 0 Å². The number of carbonyl (C=O) groups excluding carboxylic acids is 1. The third kappa shape index (κ3) is 5.31. The Labute approximate surface area is 153 Å². The van der Waals surface area contributed by atoms with Crippen molar-refractivity contribution in [3.05, 3.63) is 52.2 Å². The van der Waals surface area contributed by atoms with Gasteiger partial charge in [-0.1, -0.05) is 18.2 Å². The maximum absolute atomic E-state index is 12.1. The molecule has 5 heteroatoms. The summed E-state index contributed by atoms with van der Waals surface area (Å²) in [6.07, 6.45) is 2.84. The zero-order valence-electron chi connectivity index (χ0n) is 14.7. The number of nitrogens with one attached hydrogen (secondary N) is 1. The Kier molecular flexibility index (Phi) is 6.48. The molecule has 2 aromatic rings. The minimum absolute atomic E-state index is 0.0710. The van der Waals surface area contributed by atoms with E-state index in [1.807, 2.05) is 35.6 Å². The Morgan fingerprint density at radius 2 is 2.12 bits per heavy atom. The van der Waals surface area contributed by atoms with Crippen molar-refractivity contribution in [1.29, 1.82) is 0 Å². The van der Waals surface area contributed by atoms with Crippen LogP contribution in [0.5, 0.6) is 5.75 Å². The molecule has 2 heterocycles. The van der Waals surface area contributed by atoms with Gasteiger partial charge in [-0.25, -0.2) is 0 Å². The fourth-order valence-corrected chi connectivity index (χ4v) is 4.25. The monoisotopic (exact) mass is 358 g/mol. The maximum atomic E-state index is 12.1. The van der Waals surface area contributed by atoms with E-state index in [2.05, 4.69) is 27.7 Å². The number of carbonyl (C=O) groups is 1. The van der Waals surface area contributed by atoms with Crippen LogP contribution in [0, 0.1) is 0 Å². The first-order valence-electron chi connectivity index (χ1n) is 8.90. The molecule has 1 fully saturated rings. The molecule has 1 aromatic heterocycles. The standard InChI is InChI=1S/C20H26N2O2S/c1-24-18-5-2-4-16(14-18)15-20(23)21-9-12-22-10-7-17(8-11-22)19-6-3-13-25-19/h2-6,13-14,17H,7-12,15H2,1H3,(H,21,23). The van der Waals surface area contributed by atoms with Gasteiger partial charge in [-0.05, 0) is 61.0 Å². The van der Waals surface area contributed by atoms with E-state index in [1.54, 1.807) is 7.11 Å². The summed E-state index contributed by atoms with van der Waals surface area (Å²) in [5.74, 6) is 1.58. The quantitative estimate of drug-likeness (QED) is 0.826. The molecule has 25 heavy (non-hydrogen) atoms. The molecule has 0 atom stereocenters. The molecule has 0 unspecified atom stereocenters. The first-order valence-corrected chi connectivity index (χ1v) is 9.78. The van der Waals surface area contributed by atoms with E-state index in [0.717, 1.165) is 36.9 Å². The zero-order chi connectivity index (χ0) is 17.5. The van der Waals surface area contributed by atoms with E-state index in [4.69, 9.17) is 4.74 Å². The molecule has 134 valence electrons. The smallest absolute Gasteiger partial charge is 0.224 e. The van der Waals surface area contributed by atoms with E-state index in [9.17, 15) is 4.79 Å². The Morgan fingerprint density at radius 1 is 1.28 bits per heavy atom. The average molecular weight is 359 g/mol. The second-order valence-corrected chi connectivity index (χ2v) is 7.49. The fraction of sp³-hybridized carbons (Fsp3) is 0.450. The summed E-state index contributed by atoms with van der Waals surface area (Å²) in [5.41, 5.74) is 0.980. The van der Waals surface area contributed by atoms with Crippen molar-refractivity contribution in [1.82, 2.24) is 10.2 Å². The summed E-state index contributed by atoms with van der Waals surface area (Å²) in [4.78, 5) is 16.1. The number of hydrogen-bond acceptors (Lipinski definition) is 4. The molecule has 1 saturated heterocycles. The highest BCUT2D eigenvalue weighted by Crippen LogP contribution is 2.30. The van der Waals surface area contributed by atoms with Crippen LogP contribution in [0.1, 0.15) is 29.2 Å².